The summed E-state index contributed by atoms with van der Waals surface area (Å²) in [6.45, 7) is 7.76. The molecule has 3 rings (SSSR count). The van der Waals surface area contributed by atoms with Gasteiger partial charge >= 0.3 is 0 Å². The number of carbonyl (C=O) groups is 1. The minimum Gasteiger partial charge on any atom is -0.495 e. The van der Waals surface area contributed by atoms with Crippen LogP contribution in [0.2, 0.25) is 0 Å². The predicted octanol–water partition coefficient (Wildman–Crippen LogP) is 3.48. The van der Waals surface area contributed by atoms with E-state index in [0.29, 0.717) is 25.6 Å². The highest BCUT2D eigenvalue weighted by Gasteiger charge is 2.34. The third-order valence-corrected chi connectivity index (χ3v) is 7.46. The van der Waals surface area contributed by atoms with Gasteiger partial charge in [0.25, 0.3) is 5.91 Å². The molecular weight excluding hydrogens is 442 g/mol. The van der Waals surface area contributed by atoms with Crippen LogP contribution in [-0.4, -0.2) is 50.4 Å². The standard InChI is InChI=1S/C24H33N3O5S/c1-5-11-32-24-20(7-6-10-25-24)14-26-23(28)19-8-9-21(31-4)22(13-19)33(29,30)27-15-17(2)12-18(3)16-27/h6-10,13,17-18H,5,11-12,14-16H2,1-4H3,(H,26,28). The molecule has 1 aliphatic heterocycles. The van der Waals surface area contributed by atoms with Gasteiger partial charge in [-0.3, -0.25) is 4.79 Å². The van der Waals surface area contributed by atoms with Crippen LogP contribution in [0.3, 0.4) is 0 Å². The highest BCUT2D eigenvalue weighted by molar-refractivity contribution is 7.89. The highest BCUT2D eigenvalue weighted by atomic mass is 32.2. The zero-order chi connectivity index (χ0) is 24.0. The van der Waals surface area contributed by atoms with Gasteiger partial charge in [0.1, 0.15) is 10.6 Å². The first-order valence-electron chi connectivity index (χ1n) is 11.3. The summed E-state index contributed by atoms with van der Waals surface area (Å²) < 4.78 is 39.4. The topological polar surface area (TPSA) is 97.8 Å². The SMILES string of the molecule is CCCOc1ncccc1CNC(=O)c1ccc(OC)c(S(=O)(=O)N2CC(C)CC(C)C2)c1. The number of methoxy groups -OCH3 is 1. The van der Waals surface area contributed by atoms with Gasteiger partial charge in [-0.1, -0.05) is 26.8 Å². The normalized spacial score (nSPS) is 19.2. The lowest BCUT2D eigenvalue weighted by Gasteiger charge is -2.34. The van der Waals surface area contributed by atoms with Crippen molar-refractivity contribution in [3.8, 4) is 11.6 Å². The first-order chi connectivity index (χ1) is 15.8. The lowest BCUT2D eigenvalue weighted by Crippen LogP contribution is -2.42. The van der Waals surface area contributed by atoms with E-state index in [4.69, 9.17) is 9.47 Å². The number of carbonyl (C=O) groups excluding carboxylic acids is 1. The predicted molar refractivity (Wildman–Crippen MR) is 126 cm³/mol. The molecule has 1 aromatic heterocycles. The number of hydrogen-bond donors (Lipinski definition) is 1. The molecule has 1 aromatic carbocycles. The molecule has 8 nitrogen and oxygen atoms in total. The molecule has 1 N–H and O–H groups in total. The molecule has 1 saturated heterocycles. The summed E-state index contributed by atoms with van der Waals surface area (Å²) in [5.74, 6) is 0.847. The number of hydrogen-bond acceptors (Lipinski definition) is 6. The Balaban J connectivity index is 1.81. The largest absolute Gasteiger partial charge is 0.495 e. The van der Waals surface area contributed by atoms with Gasteiger partial charge in [0, 0.05) is 37.0 Å². The lowest BCUT2D eigenvalue weighted by atomic mass is 9.94. The van der Waals surface area contributed by atoms with Crippen LogP contribution in [0.5, 0.6) is 11.6 Å². The van der Waals surface area contributed by atoms with E-state index in [9.17, 15) is 13.2 Å². The molecule has 2 heterocycles. The molecule has 1 amide bonds. The molecule has 1 fully saturated rings. The van der Waals surface area contributed by atoms with Crippen molar-refractivity contribution >= 4 is 15.9 Å². The number of rotatable bonds is 9. The Morgan fingerprint density at radius 3 is 2.61 bits per heavy atom. The summed E-state index contributed by atoms with van der Waals surface area (Å²) in [5, 5.41) is 2.83. The van der Waals surface area contributed by atoms with Gasteiger partial charge in [0.15, 0.2) is 0 Å². The molecule has 0 bridgehead atoms. The number of aromatic nitrogens is 1. The Morgan fingerprint density at radius 2 is 1.94 bits per heavy atom. The summed E-state index contributed by atoms with van der Waals surface area (Å²) in [6.07, 6.45) is 3.48. The van der Waals surface area contributed by atoms with Crippen LogP contribution in [0.25, 0.3) is 0 Å². The van der Waals surface area contributed by atoms with Gasteiger partial charge in [-0.25, -0.2) is 13.4 Å². The minimum atomic E-state index is -3.81. The number of benzene rings is 1. The fraction of sp³-hybridized carbons (Fsp3) is 0.500. The molecule has 2 aromatic rings. The van der Waals surface area contributed by atoms with E-state index < -0.39 is 10.0 Å². The Labute approximate surface area is 196 Å². The highest BCUT2D eigenvalue weighted by Crippen LogP contribution is 2.32. The zero-order valence-electron chi connectivity index (χ0n) is 19.7. The summed E-state index contributed by atoms with van der Waals surface area (Å²) in [7, 11) is -2.39. The number of nitrogens with one attached hydrogen (secondary N) is 1. The van der Waals surface area contributed by atoms with Gasteiger partial charge in [-0.2, -0.15) is 4.31 Å². The third-order valence-electron chi connectivity index (χ3n) is 5.61. The number of pyridine rings is 1. The van der Waals surface area contributed by atoms with Crippen LogP contribution in [0.1, 0.15) is 49.5 Å². The van der Waals surface area contributed by atoms with Crippen LogP contribution >= 0.6 is 0 Å². The second kappa shape index (κ2) is 11.0. The summed E-state index contributed by atoms with van der Waals surface area (Å²) >= 11 is 0. The Hall–Kier alpha value is -2.65. The van der Waals surface area contributed by atoms with Crippen LogP contribution in [0, 0.1) is 11.8 Å². The molecule has 2 unspecified atom stereocenters. The fourth-order valence-electron chi connectivity index (χ4n) is 4.13. The molecule has 0 saturated carbocycles. The molecule has 1 aliphatic rings. The maximum absolute atomic E-state index is 13.4. The number of sulfonamides is 1. The molecule has 2 atom stereocenters. The molecule has 0 radical (unpaired) electrons. The Kier molecular flexibility index (Phi) is 8.31. The van der Waals surface area contributed by atoms with Crippen molar-refractivity contribution in [2.75, 3.05) is 26.8 Å². The maximum atomic E-state index is 13.4. The lowest BCUT2D eigenvalue weighted by molar-refractivity contribution is 0.0950. The van der Waals surface area contributed by atoms with Crippen molar-refractivity contribution < 1.29 is 22.7 Å². The summed E-state index contributed by atoms with van der Waals surface area (Å²) in [6, 6.07) is 8.09. The van der Waals surface area contributed by atoms with Gasteiger partial charge < -0.3 is 14.8 Å². The monoisotopic (exact) mass is 475 g/mol. The second-order valence-electron chi connectivity index (χ2n) is 8.63. The fourth-order valence-corrected chi connectivity index (χ4v) is 5.99. The quantitative estimate of drug-likeness (QED) is 0.596. The number of amides is 1. The average Bonchev–Trinajstić information content (AvgIpc) is 2.80. The second-order valence-corrected chi connectivity index (χ2v) is 10.5. The van der Waals surface area contributed by atoms with Crippen LogP contribution < -0.4 is 14.8 Å². The smallest absolute Gasteiger partial charge is 0.251 e. The first-order valence-corrected chi connectivity index (χ1v) is 12.7. The summed E-state index contributed by atoms with van der Waals surface area (Å²) in [5.41, 5.74) is 0.990. The van der Waals surface area contributed by atoms with Crippen LogP contribution in [0.15, 0.2) is 41.4 Å². The maximum Gasteiger partial charge on any atom is 0.251 e. The molecule has 0 aliphatic carbocycles. The van der Waals surface area contributed by atoms with Crippen molar-refractivity contribution in [3.05, 3.63) is 47.7 Å². The van der Waals surface area contributed by atoms with Gasteiger partial charge in [0.05, 0.1) is 13.7 Å². The van der Waals surface area contributed by atoms with E-state index in [2.05, 4.69) is 24.1 Å². The Morgan fingerprint density at radius 1 is 1.21 bits per heavy atom. The number of piperidine rings is 1. The van der Waals surface area contributed by atoms with Crippen molar-refractivity contribution in [3.63, 3.8) is 0 Å². The molecule has 9 heteroatoms. The molecule has 180 valence electrons. The van der Waals surface area contributed by atoms with Crippen molar-refractivity contribution in [1.29, 1.82) is 0 Å². The van der Waals surface area contributed by atoms with E-state index in [1.54, 1.807) is 18.3 Å². The van der Waals surface area contributed by atoms with Gasteiger partial charge in [0.2, 0.25) is 15.9 Å². The van der Waals surface area contributed by atoms with E-state index in [1.807, 2.05) is 13.0 Å². The van der Waals surface area contributed by atoms with Crippen molar-refractivity contribution in [2.24, 2.45) is 11.8 Å². The van der Waals surface area contributed by atoms with Crippen LogP contribution in [-0.2, 0) is 16.6 Å². The summed E-state index contributed by atoms with van der Waals surface area (Å²) in [4.78, 5) is 17.1. The average molecular weight is 476 g/mol. The van der Waals surface area contributed by atoms with E-state index in [1.165, 1.54) is 23.5 Å². The van der Waals surface area contributed by atoms with Crippen LogP contribution in [0.4, 0.5) is 0 Å². The minimum absolute atomic E-state index is 0.00676. The number of nitrogens with zero attached hydrogens (tertiary/aromatic N) is 2. The van der Waals surface area contributed by atoms with E-state index in [-0.39, 0.29) is 40.5 Å². The van der Waals surface area contributed by atoms with E-state index >= 15 is 0 Å². The molecular formula is C24H33N3O5S. The molecule has 33 heavy (non-hydrogen) atoms. The first kappa shape index (κ1) is 25.0. The van der Waals surface area contributed by atoms with Gasteiger partial charge in [-0.15, -0.1) is 0 Å². The number of ether oxygens (including phenoxy) is 2. The third kappa shape index (κ3) is 6.03. The van der Waals surface area contributed by atoms with Crippen molar-refractivity contribution in [2.45, 2.75) is 45.1 Å². The zero-order valence-corrected chi connectivity index (χ0v) is 20.5. The molecule has 0 spiro atoms. The van der Waals surface area contributed by atoms with Gasteiger partial charge in [-0.05, 0) is 48.9 Å². The van der Waals surface area contributed by atoms with E-state index in [0.717, 1.165) is 18.4 Å². The van der Waals surface area contributed by atoms with Crippen molar-refractivity contribution in [1.82, 2.24) is 14.6 Å². The Bertz CT molecular complexity index is 1060.